The van der Waals surface area contributed by atoms with Crippen LogP contribution in [0.25, 0.3) is 11.0 Å². The number of thiazole rings is 1. The van der Waals surface area contributed by atoms with E-state index in [1.807, 2.05) is 29.6 Å². The number of carbonyl (C=O) groups excluding carboxylic acids is 1. The number of benzene rings is 1. The van der Waals surface area contributed by atoms with Crippen molar-refractivity contribution < 1.29 is 4.79 Å². The minimum absolute atomic E-state index is 0.0290. The van der Waals surface area contributed by atoms with Gasteiger partial charge < -0.3 is 5.32 Å². The summed E-state index contributed by atoms with van der Waals surface area (Å²) in [4.78, 5) is 31.9. The molecule has 3 heterocycles. The van der Waals surface area contributed by atoms with Gasteiger partial charge in [-0.25, -0.2) is 9.78 Å². The molecule has 1 saturated heterocycles. The van der Waals surface area contributed by atoms with Crippen molar-refractivity contribution in [1.29, 1.82) is 0 Å². The summed E-state index contributed by atoms with van der Waals surface area (Å²) in [7, 11) is 1.72. The maximum atomic E-state index is 12.5. The molecule has 2 aromatic heterocycles. The van der Waals surface area contributed by atoms with Crippen LogP contribution in [0.15, 0.2) is 34.4 Å². The molecule has 1 unspecified atom stereocenters. The molecule has 8 heteroatoms. The van der Waals surface area contributed by atoms with Gasteiger partial charge in [0.15, 0.2) is 5.13 Å². The summed E-state index contributed by atoms with van der Waals surface area (Å²) in [6.45, 7) is 5.28. The predicted octanol–water partition coefficient (Wildman–Crippen LogP) is 2.67. The number of imidazole rings is 1. The van der Waals surface area contributed by atoms with E-state index in [1.165, 1.54) is 28.7 Å². The number of rotatable bonds is 5. The summed E-state index contributed by atoms with van der Waals surface area (Å²) in [5.41, 5.74) is 2.35. The van der Waals surface area contributed by atoms with Crippen LogP contribution < -0.4 is 11.0 Å². The molecule has 7 nitrogen and oxygen atoms in total. The molecular formula is C20H25N5O2S. The van der Waals surface area contributed by atoms with E-state index in [-0.39, 0.29) is 18.1 Å². The maximum absolute atomic E-state index is 12.5. The van der Waals surface area contributed by atoms with Crippen LogP contribution in [0, 0.1) is 5.92 Å². The second kappa shape index (κ2) is 7.89. The number of para-hydroxylation sites is 2. The van der Waals surface area contributed by atoms with E-state index in [2.05, 4.69) is 22.1 Å². The number of hydrogen-bond donors (Lipinski definition) is 1. The Labute approximate surface area is 167 Å². The van der Waals surface area contributed by atoms with E-state index in [0.717, 1.165) is 42.3 Å². The van der Waals surface area contributed by atoms with Crippen molar-refractivity contribution in [2.45, 2.75) is 32.9 Å². The van der Waals surface area contributed by atoms with Crippen molar-refractivity contribution in [2.24, 2.45) is 13.0 Å². The number of hydrogen-bond acceptors (Lipinski definition) is 5. The van der Waals surface area contributed by atoms with Gasteiger partial charge in [-0.15, -0.1) is 11.3 Å². The highest BCUT2D eigenvalue weighted by molar-refractivity contribution is 7.13. The third kappa shape index (κ3) is 3.88. The topological polar surface area (TPSA) is 72.2 Å². The molecule has 1 fully saturated rings. The zero-order chi connectivity index (χ0) is 19.7. The van der Waals surface area contributed by atoms with Gasteiger partial charge in [0.2, 0.25) is 5.91 Å². The summed E-state index contributed by atoms with van der Waals surface area (Å²) in [6, 6.07) is 7.47. The summed E-state index contributed by atoms with van der Waals surface area (Å²) in [5.74, 6) is 0.483. The Hall–Kier alpha value is -2.45. The van der Waals surface area contributed by atoms with Gasteiger partial charge in [-0.05, 0) is 37.4 Å². The van der Waals surface area contributed by atoms with E-state index >= 15 is 0 Å². The lowest BCUT2D eigenvalue weighted by Crippen LogP contribution is -2.33. The number of piperidine rings is 1. The lowest BCUT2D eigenvalue weighted by molar-refractivity contribution is -0.116. The second-order valence-electron chi connectivity index (χ2n) is 7.59. The van der Waals surface area contributed by atoms with E-state index in [1.54, 1.807) is 11.6 Å². The summed E-state index contributed by atoms with van der Waals surface area (Å²) < 4.78 is 3.05. The number of likely N-dealkylation sites (tertiary alicyclic amines) is 1. The Morgan fingerprint density at radius 1 is 1.32 bits per heavy atom. The van der Waals surface area contributed by atoms with E-state index in [4.69, 9.17) is 0 Å². The fraction of sp³-hybridized carbons (Fsp3) is 0.450. The highest BCUT2D eigenvalue weighted by atomic mass is 32.1. The Morgan fingerprint density at radius 2 is 2.11 bits per heavy atom. The van der Waals surface area contributed by atoms with Gasteiger partial charge in [0, 0.05) is 25.5 Å². The predicted molar refractivity (Wildman–Crippen MR) is 112 cm³/mol. The van der Waals surface area contributed by atoms with Crippen molar-refractivity contribution in [1.82, 2.24) is 19.0 Å². The Bertz CT molecular complexity index is 1050. The van der Waals surface area contributed by atoms with Crippen molar-refractivity contribution >= 4 is 33.4 Å². The number of fused-ring (bicyclic) bond motifs is 1. The molecule has 3 aromatic rings. The third-order valence-electron chi connectivity index (χ3n) is 5.28. The molecule has 1 atom stereocenters. The van der Waals surface area contributed by atoms with Gasteiger partial charge in [-0.3, -0.25) is 18.8 Å². The smallest absolute Gasteiger partial charge is 0.300 e. The molecular weight excluding hydrogens is 374 g/mol. The molecule has 28 heavy (non-hydrogen) atoms. The van der Waals surface area contributed by atoms with Crippen molar-refractivity contribution in [3.63, 3.8) is 0 Å². The number of anilines is 1. The van der Waals surface area contributed by atoms with Gasteiger partial charge >= 0.3 is 5.69 Å². The minimum atomic E-state index is -0.244. The Morgan fingerprint density at radius 3 is 2.89 bits per heavy atom. The molecule has 1 aliphatic rings. The van der Waals surface area contributed by atoms with Crippen LogP contribution in [0.1, 0.15) is 25.5 Å². The normalized spacial score (nSPS) is 17.9. The molecule has 0 spiro atoms. The first-order valence-electron chi connectivity index (χ1n) is 9.62. The standard InChI is InChI=1S/C20H25N5O2S/c1-14-6-5-9-24(10-14)11-15-13-28-19(21-15)22-18(26)12-25-17-8-4-3-7-16(17)23(2)20(25)27/h3-4,7-8,13-14H,5-6,9-12H2,1-2H3,(H,21,22,26). The molecule has 1 aliphatic heterocycles. The molecule has 0 radical (unpaired) electrons. The average molecular weight is 400 g/mol. The van der Waals surface area contributed by atoms with Crippen LogP contribution in [0.2, 0.25) is 0 Å². The second-order valence-corrected chi connectivity index (χ2v) is 8.45. The first kappa shape index (κ1) is 18.9. The molecule has 0 bridgehead atoms. The monoisotopic (exact) mass is 399 g/mol. The van der Waals surface area contributed by atoms with Gasteiger partial charge in [-0.1, -0.05) is 19.1 Å². The molecule has 1 N–H and O–H groups in total. The highest BCUT2D eigenvalue weighted by Gasteiger charge is 2.18. The number of nitrogens with zero attached hydrogens (tertiary/aromatic N) is 4. The summed E-state index contributed by atoms with van der Waals surface area (Å²) in [6.07, 6.45) is 2.52. The lowest BCUT2D eigenvalue weighted by atomic mass is 10.0. The molecule has 4 rings (SSSR count). The molecule has 0 saturated carbocycles. The third-order valence-corrected chi connectivity index (χ3v) is 6.08. The van der Waals surface area contributed by atoms with Crippen molar-refractivity contribution in [2.75, 3.05) is 18.4 Å². The Balaban J connectivity index is 1.42. The van der Waals surface area contributed by atoms with Gasteiger partial charge in [0.05, 0.1) is 16.7 Å². The van der Waals surface area contributed by atoms with Crippen LogP contribution >= 0.6 is 11.3 Å². The Kier molecular flexibility index (Phi) is 5.32. The van der Waals surface area contributed by atoms with Gasteiger partial charge in [-0.2, -0.15) is 0 Å². The van der Waals surface area contributed by atoms with E-state index in [0.29, 0.717) is 5.13 Å². The number of amides is 1. The molecule has 0 aliphatic carbocycles. The maximum Gasteiger partial charge on any atom is 0.329 e. The number of aromatic nitrogens is 3. The zero-order valence-corrected chi connectivity index (χ0v) is 17.0. The fourth-order valence-electron chi connectivity index (χ4n) is 3.91. The van der Waals surface area contributed by atoms with E-state index in [9.17, 15) is 9.59 Å². The first-order valence-corrected chi connectivity index (χ1v) is 10.5. The van der Waals surface area contributed by atoms with Crippen LogP contribution in [0.5, 0.6) is 0 Å². The quantitative estimate of drug-likeness (QED) is 0.716. The average Bonchev–Trinajstić information content (AvgIpc) is 3.20. The summed E-state index contributed by atoms with van der Waals surface area (Å²) >= 11 is 1.43. The van der Waals surface area contributed by atoms with Gasteiger partial charge in [0.1, 0.15) is 6.54 Å². The van der Waals surface area contributed by atoms with Crippen LogP contribution in [0.3, 0.4) is 0 Å². The van der Waals surface area contributed by atoms with Crippen LogP contribution in [-0.2, 0) is 24.9 Å². The van der Waals surface area contributed by atoms with Crippen LogP contribution in [0.4, 0.5) is 5.13 Å². The highest BCUT2D eigenvalue weighted by Crippen LogP contribution is 2.21. The number of aryl methyl sites for hydroxylation is 1. The lowest BCUT2D eigenvalue weighted by Gasteiger charge is -2.30. The molecule has 148 valence electrons. The largest absolute Gasteiger partial charge is 0.329 e. The fourth-order valence-corrected chi connectivity index (χ4v) is 4.63. The van der Waals surface area contributed by atoms with Gasteiger partial charge in [0.25, 0.3) is 0 Å². The first-order chi connectivity index (χ1) is 13.5. The molecule has 1 aromatic carbocycles. The van der Waals surface area contributed by atoms with Crippen molar-refractivity contribution in [3.8, 4) is 0 Å². The number of nitrogens with one attached hydrogen (secondary N) is 1. The summed E-state index contributed by atoms with van der Waals surface area (Å²) in [5, 5.41) is 5.42. The number of carbonyl (C=O) groups is 1. The SMILES string of the molecule is CC1CCCN(Cc2csc(NC(=O)Cn3c(=O)n(C)c4ccccc43)n2)C1. The van der Waals surface area contributed by atoms with Crippen molar-refractivity contribution in [3.05, 3.63) is 45.8 Å². The zero-order valence-electron chi connectivity index (χ0n) is 16.2. The van der Waals surface area contributed by atoms with Crippen LogP contribution in [-0.4, -0.2) is 38.0 Å². The minimum Gasteiger partial charge on any atom is -0.300 e. The molecule has 1 amide bonds. The van der Waals surface area contributed by atoms with E-state index < -0.39 is 0 Å².